The van der Waals surface area contributed by atoms with Crippen molar-refractivity contribution >= 4 is 17.5 Å². The van der Waals surface area contributed by atoms with E-state index in [4.69, 9.17) is 30.5 Å². The van der Waals surface area contributed by atoms with Crippen LogP contribution in [0.15, 0.2) is 54.7 Å². The topological polar surface area (TPSA) is 62.2 Å². The highest BCUT2D eigenvalue weighted by atomic mass is 35.5. The van der Waals surface area contributed by atoms with Crippen LogP contribution in [0.25, 0.3) is 5.69 Å². The van der Waals surface area contributed by atoms with E-state index in [1.165, 1.54) is 0 Å². The van der Waals surface area contributed by atoms with Gasteiger partial charge in [0.1, 0.15) is 11.9 Å². The minimum absolute atomic E-state index is 0. The molecule has 35 heavy (non-hydrogen) atoms. The molecule has 5 rings (SSSR count). The van der Waals surface area contributed by atoms with Crippen molar-refractivity contribution in [3.8, 4) is 22.9 Å². The van der Waals surface area contributed by atoms with Crippen LogP contribution in [-0.4, -0.2) is 55.4 Å². The first-order chi connectivity index (χ1) is 16.9. The molecule has 186 valence electrons. The lowest BCUT2D eigenvalue weighted by molar-refractivity contribution is -0.00930. The van der Waals surface area contributed by atoms with E-state index in [1.54, 1.807) is 32.4 Å². The average molecular weight is 499 g/mol. The molecule has 1 saturated heterocycles. The molecule has 2 aromatic carbocycles. The summed E-state index contributed by atoms with van der Waals surface area (Å²) < 4.78 is 25.3. The number of methoxy groups -OCH3 is 2. The molecule has 1 atom stereocenters. The molecule has 0 bridgehead atoms. The number of aromatic nitrogens is 1. The van der Waals surface area contributed by atoms with E-state index in [-0.39, 0.29) is 13.4 Å². The second kappa shape index (κ2) is 9.47. The maximum atomic E-state index is 13.4. The molecule has 8 heteroatoms. The molecule has 2 aliphatic heterocycles. The minimum atomic E-state index is -0.495. The van der Waals surface area contributed by atoms with Crippen LogP contribution >= 0.6 is 11.6 Å². The van der Waals surface area contributed by atoms with Crippen LogP contribution < -0.4 is 14.2 Å². The molecule has 3 heterocycles. The van der Waals surface area contributed by atoms with Gasteiger partial charge in [-0.25, -0.2) is 0 Å². The fourth-order valence-electron chi connectivity index (χ4n) is 4.99. The fourth-order valence-corrected chi connectivity index (χ4v) is 5.15. The van der Waals surface area contributed by atoms with Gasteiger partial charge in [0.15, 0.2) is 17.1 Å². The van der Waals surface area contributed by atoms with E-state index in [9.17, 15) is 4.79 Å². The number of piperidine rings is 1. The van der Waals surface area contributed by atoms with Crippen molar-refractivity contribution in [2.45, 2.75) is 31.5 Å². The summed E-state index contributed by atoms with van der Waals surface area (Å²) in [5.74, 6) is 1.84. The zero-order chi connectivity index (χ0) is 24.6. The third kappa shape index (κ3) is 4.34. The van der Waals surface area contributed by atoms with E-state index >= 15 is 0 Å². The standard InChI is InChI=1S/C27H29ClN2O5.H2/c1-18(17-32-2)34-22-9-6-19(15-24(22)33-3)26(31)29-13-10-27(11-14-29)25-5-4-12-30(25)21-8-7-20(28)16-23(21)35-27;/h4-9,12,15-16,18H,10-11,13-14,17H2,1-3H3;1H/t18-;/m1./s1. The highest BCUT2D eigenvalue weighted by Gasteiger charge is 2.44. The molecular weight excluding hydrogens is 468 g/mol. The lowest BCUT2D eigenvalue weighted by Crippen LogP contribution is -2.50. The Kier molecular flexibility index (Phi) is 6.38. The zero-order valence-corrected chi connectivity index (χ0v) is 20.9. The Morgan fingerprint density at radius 3 is 2.69 bits per heavy atom. The van der Waals surface area contributed by atoms with Crippen molar-refractivity contribution in [2.75, 3.05) is 33.9 Å². The number of likely N-dealkylation sites (tertiary alicyclic amines) is 1. The molecule has 7 nitrogen and oxygen atoms in total. The van der Waals surface area contributed by atoms with Crippen LogP contribution in [0, 0.1) is 0 Å². The van der Waals surface area contributed by atoms with Crippen molar-refractivity contribution in [3.63, 3.8) is 0 Å². The lowest BCUT2D eigenvalue weighted by Gasteiger charge is -2.45. The Balaban J connectivity index is 0.00000304. The number of hydrogen-bond donors (Lipinski definition) is 0. The van der Waals surface area contributed by atoms with Crippen molar-refractivity contribution < 1.29 is 25.2 Å². The predicted molar refractivity (Wildman–Crippen MR) is 135 cm³/mol. The molecule has 1 fully saturated rings. The number of amides is 1. The molecule has 0 radical (unpaired) electrons. The predicted octanol–water partition coefficient (Wildman–Crippen LogP) is 5.32. The van der Waals surface area contributed by atoms with E-state index in [0.717, 1.165) is 17.1 Å². The van der Waals surface area contributed by atoms with Crippen molar-refractivity contribution in [2.24, 2.45) is 0 Å². The molecule has 1 aromatic heterocycles. The Morgan fingerprint density at radius 2 is 1.94 bits per heavy atom. The monoisotopic (exact) mass is 498 g/mol. The quantitative estimate of drug-likeness (QED) is 0.460. The van der Waals surface area contributed by atoms with Crippen LogP contribution in [0.2, 0.25) is 5.02 Å². The van der Waals surface area contributed by atoms with Crippen molar-refractivity contribution in [1.82, 2.24) is 9.47 Å². The highest BCUT2D eigenvalue weighted by molar-refractivity contribution is 6.30. The van der Waals surface area contributed by atoms with Crippen LogP contribution in [0.5, 0.6) is 17.2 Å². The van der Waals surface area contributed by atoms with Crippen LogP contribution in [0.1, 0.15) is 37.2 Å². The second-order valence-corrected chi connectivity index (χ2v) is 9.45. The Bertz CT molecular complexity index is 1240. The number of nitrogens with zero attached hydrogens (tertiary/aromatic N) is 2. The maximum Gasteiger partial charge on any atom is 0.253 e. The summed E-state index contributed by atoms with van der Waals surface area (Å²) in [5.41, 5.74) is 2.15. The summed E-state index contributed by atoms with van der Waals surface area (Å²) in [6, 6.07) is 15.1. The number of hydrogen-bond acceptors (Lipinski definition) is 5. The van der Waals surface area contributed by atoms with E-state index in [2.05, 4.69) is 10.6 Å². The van der Waals surface area contributed by atoms with Gasteiger partial charge in [0.2, 0.25) is 0 Å². The summed E-state index contributed by atoms with van der Waals surface area (Å²) in [4.78, 5) is 15.2. The number of halogens is 1. The average Bonchev–Trinajstić information content (AvgIpc) is 3.36. The summed E-state index contributed by atoms with van der Waals surface area (Å²) >= 11 is 6.25. The fraction of sp³-hybridized carbons (Fsp3) is 0.370. The van der Waals surface area contributed by atoms with Gasteiger partial charge in [-0.2, -0.15) is 0 Å². The molecule has 2 aliphatic rings. The van der Waals surface area contributed by atoms with E-state index < -0.39 is 5.60 Å². The third-order valence-corrected chi connectivity index (χ3v) is 6.94. The van der Waals surface area contributed by atoms with Crippen molar-refractivity contribution in [1.29, 1.82) is 0 Å². The molecule has 0 unspecified atom stereocenters. The summed E-state index contributed by atoms with van der Waals surface area (Å²) in [7, 11) is 3.20. The van der Waals surface area contributed by atoms with Gasteiger partial charge in [0, 0.05) is 57.3 Å². The zero-order valence-electron chi connectivity index (χ0n) is 20.1. The van der Waals surface area contributed by atoms with Crippen molar-refractivity contribution in [3.05, 3.63) is 71.0 Å². The van der Waals surface area contributed by atoms with Gasteiger partial charge in [-0.15, -0.1) is 0 Å². The van der Waals surface area contributed by atoms with Gasteiger partial charge in [-0.05, 0) is 49.4 Å². The van der Waals surface area contributed by atoms with Gasteiger partial charge < -0.3 is 28.4 Å². The van der Waals surface area contributed by atoms with Crippen LogP contribution in [0.4, 0.5) is 0 Å². The maximum absolute atomic E-state index is 13.4. The Labute approximate surface area is 211 Å². The summed E-state index contributed by atoms with van der Waals surface area (Å²) in [6.45, 7) is 3.53. The van der Waals surface area contributed by atoms with E-state index in [1.807, 2.05) is 42.3 Å². The number of rotatable bonds is 6. The molecule has 0 saturated carbocycles. The molecule has 3 aromatic rings. The Hall–Kier alpha value is -3.16. The normalized spacial score (nSPS) is 16.7. The number of benzene rings is 2. The first-order valence-electron chi connectivity index (χ1n) is 11.7. The SMILES string of the molecule is COC[C@@H](C)Oc1ccc(C(=O)N2CCC3(CC2)Oc2cc(Cl)ccc2-n2cccc23)cc1OC.[HH]. The largest absolute Gasteiger partial charge is 0.493 e. The molecular formula is C27H31ClN2O5. The third-order valence-electron chi connectivity index (χ3n) is 6.70. The number of carbonyl (C=O) groups is 1. The first kappa shape index (κ1) is 23.6. The summed E-state index contributed by atoms with van der Waals surface area (Å²) in [6.07, 6.45) is 3.28. The molecule has 0 aliphatic carbocycles. The molecule has 1 amide bonds. The number of carbonyl (C=O) groups excluding carboxylic acids is 1. The highest BCUT2D eigenvalue weighted by Crippen LogP contribution is 2.46. The number of ether oxygens (including phenoxy) is 4. The molecule has 0 N–H and O–H groups in total. The molecule has 1 spiro atoms. The van der Waals surface area contributed by atoms with Gasteiger partial charge in [0.05, 0.1) is 25.1 Å². The summed E-state index contributed by atoms with van der Waals surface area (Å²) in [5, 5.41) is 0.639. The van der Waals surface area contributed by atoms with Gasteiger partial charge >= 0.3 is 0 Å². The van der Waals surface area contributed by atoms with Crippen LogP contribution in [-0.2, 0) is 10.3 Å². The smallest absolute Gasteiger partial charge is 0.253 e. The van der Waals surface area contributed by atoms with Gasteiger partial charge in [0.25, 0.3) is 5.91 Å². The van der Waals surface area contributed by atoms with Gasteiger partial charge in [-0.3, -0.25) is 4.79 Å². The van der Waals surface area contributed by atoms with E-state index in [0.29, 0.717) is 54.6 Å². The number of fused-ring (bicyclic) bond motifs is 4. The minimum Gasteiger partial charge on any atom is -0.493 e. The second-order valence-electron chi connectivity index (χ2n) is 9.01. The lowest BCUT2D eigenvalue weighted by atomic mass is 9.86. The van der Waals surface area contributed by atoms with Crippen LogP contribution in [0.3, 0.4) is 0 Å². The first-order valence-corrected chi connectivity index (χ1v) is 12.1. The Morgan fingerprint density at radius 1 is 1.14 bits per heavy atom. The van der Waals surface area contributed by atoms with Gasteiger partial charge in [-0.1, -0.05) is 11.6 Å².